The van der Waals surface area contributed by atoms with E-state index in [1.807, 2.05) is 18.2 Å². The molecule has 0 aliphatic heterocycles. The standard InChI is InChI=1S/C16H14O3/c1-12(17)13-7-9-14(10-8-13)16(18)11-19-15-5-3-2-4-6-15/h2-10H,11H2,1H3. The molecular weight excluding hydrogens is 240 g/mol. The van der Waals surface area contributed by atoms with Gasteiger partial charge in [-0.2, -0.15) is 0 Å². The van der Waals surface area contributed by atoms with Crippen molar-refractivity contribution in [3.05, 3.63) is 65.7 Å². The Labute approximate surface area is 111 Å². The molecule has 0 aliphatic carbocycles. The number of hydrogen-bond acceptors (Lipinski definition) is 3. The molecule has 0 saturated heterocycles. The molecule has 19 heavy (non-hydrogen) atoms. The van der Waals surface area contributed by atoms with E-state index >= 15 is 0 Å². The molecule has 0 atom stereocenters. The maximum absolute atomic E-state index is 11.9. The fourth-order valence-electron chi connectivity index (χ4n) is 1.64. The van der Waals surface area contributed by atoms with Crippen LogP contribution in [0.1, 0.15) is 27.6 Å². The van der Waals surface area contributed by atoms with Crippen molar-refractivity contribution < 1.29 is 14.3 Å². The van der Waals surface area contributed by atoms with Crippen LogP contribution in [-0.2, 0) is 0 Å². The van der Waals surface area contributed by atoms with Crippen molar-refractivity contribution >= 4 is 11.6 Å². The van der Waals surface area contributed by atoms with Crippen molar-refractivity contribution in [2.24, 2.45) is 0 Å². The number of benzene rings is 2. The normalized spacial score (nSPS) is 9.95. The number of carbonyl (C=O) groups is 2. The topological polar surface area (TPSA) is 43.4 Å². The summed E-state index contributed by atoms with van der Waals surface area (Å²) in [6, 6.07) is 15.8. The third-order valence-electron chi connectivity index (χ3n) is 2.73. The molecule has 2 aromatic rings. The van der Waals surface area contributed by atoms with Gasteiger partial charge in [-0.1, -0.05) is 42.5 Å². The Balaban J connectivity index is 1.98. The maximum Gasteiger partial charge on any atom is 0.200 e. The second kappa shape index (κ2) is 5.96. The quantitative estimate of drug-likeness (QED) is 0.770. The first kappa shape index (κ1) is 13.0. The summed E-state index contributed by atoms with van der Waals surface area (Å²) in [7, 11) is 0. The lowest BCUT2D eigenvalue weighted by atomic mass is 10.1. The van der Waals surface area contributed by atoms with E-state index in [4.69, 9.17) is 4.74 Å². The number of para-hydroxylation sites is 1. The van der Waals surface area contributed by atoms with E-state index in [9.17, 15) is 9.59 Å². The highest BCUT2D eigenvalue weighted by Gasteiger charge is 2.07. The van der Waals surface area contributed by atoms with E-state index in [0.717, 1.165) is 0 Å². The molecule has 0 fully saturated rings. The Morgan fingerprint density at radius 3 is 2.05 bits per heavy atom. The van der Waals surface area contributed by atoms with Gasteiger partial charge in [0.05, 0.1) is 0 Å². The number of Topliss-reactive ketones (excluding diaryl/α,β-unsaturated/α-hetero) is 2. The van der Waals surface area contributed by atoms with Crippen LogP contribution in [0.15, 0.2) is 54.6 Å². The molecule has 3 nitrogen and oxygen atoms in total. The smallest absolute Gasteiger partial charge is 0.200 e. The SMILES string of the molecule is CC(=O)c1ccc(C(=O)COc2ccccc2)cc1. The predicted octanol–water partition coefficient (Wildman–Crippen LogP) is 3.15. The molecule has 0 unspecified atom stereocenters. The van der Waals surface area contributed by atoms with Crippen LogP contribution < -0.4 is 4.74 Å². The number of ketones is 2. The highest BCUT2D eigenvalue weighted by molar-refractivity contribution is 5.99. The second-order valence-electron chi connectivity index (χ2n) is 4.16. The summed E-state index contributed by atoms with van der Waals surface area (Å²) < 4.78 is 5.38. The van der Waals surface area contributed by atoms with Gasteiger partial charge in [0.25, 0.3) is 0 Å². The Morgan fingerprint density at radius 1 is 0.895 bits per heavy atom. The molecule has 2 rings (SSSR count). The summed E-state index contributed by atoms with van der Waals surface area (Å²) >= 11 is 0. The fourth-order valence-corrected chi connectivity index (χ4v) is 1.64. The van der Waals surface area contributed by atoms with E-state index in [0.29, 0.717) is 16.9 Å². The Hall–Kier alpha value is -2.42. The minimum atomic E-state index is -0.112. The molecule has 0 bridgehead atoms. The molecular formula is C16H14O3. The Bertz CT molecular complexity index is 571. The summed E-state index contributed by atoms with van der Waals surface area (Å²) in [5.74, 6) is 0.537. The van der Waals surface area contributed by atoms with Gasteiger partial charge in [0, 0.05) is 11.1 Å². The van der Waals surface area contributed by atoms with E-state index in [1.54, 1.807) is 36.4 Å². The van der Waals surface area contributed by atoms with Crippen molar-refractivity contribution in [3.63, 3.8) is 0 Å². The molecule has 0 spiro atoms. The summed E-state index contributed by atoms with van der Waals surface area (Å²) in [5.41, 5.74) is 1.14. The maximum atomic E-state index is 11.9. The van der Waals surface area contributed by atoms with Gasteiger partial charge in [-0.3, -0.25) is 9.59 Å². The summed E-state index contributed by atoms with van der Waals surface area (Å²) in [6.45, 7) is 1.48. The number of ether oxygens (including phenoxy) is 1. The average molecular weight is 254 g/mol. The van der Waals surface area contributed by atoms with E-state index in [2.05, 4.69) is 0 Å². The lowest BCUT2D eigenvalue weighted by Crippen LogP contribution is -2.11. The largest absolute Gasteiger partial charge is 0.485 e. The monoisotopic (exact) mass is 254 g/mol. The van der Waals surface area contributed by atoms with Gasteiger partial charge < -0.3 is 4.74 Å². The van der Waals surface area contributed by atoms with Crippen LogP contribution in [0.5, 0.6) is 5.75 Å². The van der Waals surface area contributed by atoms with E-state index in [-0.39, 0.29) is 18.2 Å². The van der Waals surface area contributed by atoms with Crippen molar-refractivity contribution in [1.29, 1.82) is 0 Å². The van der Waals surface area contributed by atoms with Crippen LogP contribution in [-0.4, -0.2) is 18.2 Å². The first-order chi connectivity index (χ1) is 9.16. The number of hydrogen-bond donors (Lipinski definition) is 0. The molecule has 0 heterocycles. The third-order valence-corrected chi connectivity index (χ3v) is 2.73. The molecule has 3 heteroatoms. The molecule has 0 radical (unpaired) electrons. The minimum Gasteiger partial charge on any atom is -0.485 e. The zero-order valence-corrected chi connectivity index (χ0v) is 10.6. The molecule has 0 N–H and O–H groups in total. The van der Waals surface area contributed by atoms with Gasteiger partial charge in [0.2, 0.25) is 0 Å². The van der Waals surface area contributed by atoms with Gasteiger partial charge >= 0.3 is 0 Å². The lowest BCUT2D eigenvalue weighted by Gasteiger charge is -2.05. The van der Waals surface area contributed by atoms with Crippen LogP contribution >= 0.6 is 0 Å². The second-order valence-corrected chi connectivity index (χ2v) is 4.16. The first-order valence-electron chi connectivity index (χ1n) is 5.99. The highest BCUT2D eigenvalue weighted by Crippen LogP contribution is 2.10. The van der Waals surface area contributed by atoms with Crippen LogP contribution in [0.2, 0.25) is 0 Å². The van der Waals surface area contributed by atoms with E-state index < -0.39 is 0 Å². The van der Waals surface area contributed by atoms with Crippen LogP contribution in [0.3, 0.4) is 0 Å². The average Bonchev–Trinajstić information content (AvgIpc) is 2.46. The summed E-state index contributed by atoms with van der Waals surface area (Å²) in [6.07, 6.45) is 0. The van der Waals surface area contributed by atoms with Gasteiger partial charge in [-0.25, -0.2) is 0 Å². The van der Waals surface area contributed by atoms with Crippen LogP contribution in [0.4, 0.5) is 0 Å². The van der Waals surface area contributed by atoms with Crippen molar-refractivity contribution in [2.75, 3.05) is 6.61 Å². The fraction of sp³-hybridized carbons (Fsp3) is 0.125. The molecule has 0 amide bonds. The molecule has 2 aromatic carbocycles. The number of rotatable bonds is 5. The van der Waals surface area contributed by atoms with Crippen molar-refractivity contribution in [3.8, 4) is 5.75 Å². The molecule has 0 aliphatic rings. The third kappa shape index (κ3) is 3.52. The Kier molecular flexibility index (Phi) is 4.08. The van der Waals surface area contributed by atoms with Crippen molar-refractivity contribution in [1.82, 2.24) is 0 Å². The van der Waals surface area contributed by atoms with Crippen LogP contribution in [0, 0.1) is 0 Å². The lowest BCUT2D eigenvalue weighted by molar-refractivity contribution is 0.0920. The molecule has 0 saturated carbocycles. The van der Waals surface area contributed by atoms with Crippen molar-refractivity contribution in [2.45, 2.75) is 6.92 Å². The number of carbonyl (C=O) groups excluding carboxylic acids is 2. The van der Waals surface area contributed by atoms with E-state index in [1.165, 1.54) is 6.92 Å². The van der Waals surface area contributed by atoms with Gasteiger partial charge in [-0.05, 0) is 19.1 Å². The molecule has 0 aromatic heterocycles. The summed E-state index contributed by atoms with van der Waals surface area (Å²) in [5, 5.41) is 0. The van der Waals surface area contributed by atoms with Gasteiger partial charge in [0.15, 0.2) is 18.2 Å². The first-order valence-corrected chi connectivity index (χ1v) is 5.99. The summed E-state index contributed by atoms with van der Waals surface area (Å²) in [4.78, 5) is 23.0. The highest BCUT2D eigenvalue weighted by atomic mass is 16.5. The van der Waals surface area contributed by atoms with Gasteiger partial charge in [0.1, 0.15) is 5.75 Å². The zero-order chi connectivity index (χ0) is 13.7. The minimum absolute atomic E-state index is 0.0105. The molecule has 96 valence electrons. The Morgan fingerprint density at radius 2 is 1.47 bits per heavy atom. The predicted molar refractivity (Wildman–Crippen MR) is 72.7 cm³/mol. The van der Waals surface area contributed by atoms with Crippen LogP contribution in [0.25, 0.3) is 0 Å². The van der Waals surface area contributed by atoms with Gasteiger partial charge in [-0.15, -0.1) is 0 Å². The zero-order valence-electron chi connectivity index (χ0n) is 10.6.